The lowest BCUT2D eigenvalue weighted by molar-refractivity contribution is -0.140. The van der Waals surface area contributed by atoms with Crippen LogP contribution in [0.1, 0.15) is 18.5 Å². The van der Waals surface area contributed by atoms with Crippen molar-refractivity contribution in [1.29, 1.82) is 0 Å². The molecule has 1 saturated carbocycles. The molecule has 1 N–H and O–H groups in total. The second kappa shape index (κ2) is 4.12. The van der Waals surface area contributed by atoms with Crippen LogP contribution in [-0.4, -0.2) is 28.0 Å². The lowest BCUT2D eigenvalue weighted by atomic mass is 10.0. The van der Waals surface area contributed by atoms with E-state index in [0.717, 1.165) is 11.4 Å². The van der Waals surface area contributed by atoms with Crippen molar-refractivity contribution in [3.63, 3.8) is 0 Å². The van der Waals surface area contributed by atoms with Gasteiger partial charge >= 0.3 is 5.97 Å². The zero-order chi connectivity index (χ0) is 13.5. The summed E-state index contributed by atoms with van der Waals surface area (Å²) >= 11 is 0. The summed E-state index contributed by atoms with van der Waals surface area (Å²) in [6.45, 7) is 0. The van der Waals surface area contributed by atoms with Crippen molar-refractivity contribution < 1.29 is 14.6 Å². The molecule has 1 fully saturated rings. The van der Waals surface area contributed by atoms with Gasteiger partial charge in [0.05, 0.1) is 18.5 Å². The predicted molar refractivity (Wildman–Crippen MR) is 68.7 cm³/mol. The number of nitrogens with zero attached hydrogens (tertiary/aromatic N) is 2. The van der Waals surface area contributed by atoms with Crippen LogP contribution in [0.3, 0.4) is 0 Å². The Morgan fingerprint density at radius 3 is 2.84 bits per heavy atom. The van der Waals surface area contributed by atoms with Gasteiger partial charge in [-0.3, -0.25) is 4.79 Å². The van der Waals surface area contributed by atoms with Crippen LogP contribution < -0.4 is 4.74 Å². The molecule has 0 atom stereocenters. The van der Waals surface area contributed by atoms with Crippen LogP contribution >= 0.6 is 0 Å². The largest absolute Gasteiger partial charge is 0.497 e. The summed E-state index contributed by atoms with van der Waals surface area (Å²) in [5, 5.41) is 13.6. The highest BCUT2D eigenvalue weighted by Crippen LogP contribution is 2.47. The summed E-state index contributed by atoms with van der Waals surface area (Å²) in [5.74, 6) is -0.0442. The van der Waals surface area contributed by atoms with Gasteiger partial charge in [0.2, 0.25) is 0 Å². The van der Waals surface area contributed by atoms with Gasteiger partial charge in [-0.25, -0.2) is 4.68 Å². The zero-order valence-electron chi connectivity index (χ0n) is 10.5. The maximum absolute atomic E-state index is 11.3. The maximum Gasteiger partial charge on any atom is 0.315 e. The molecule has 98 valence electrons. The van der Waals surface area contributed by atoms with E-state index in [1.54, 1.807) is 24.1 Å². The van der Waals surface area contributed by atoms with Crippen molar-refractivity contribution in [1.82, 2.24) is 9.78 Å². The molecule has 0 radical (unpaired) electrons. The standard InChI is InChI=1S/C14H14N2O3/c1-19-11-4-2-3-10(9-11)16-8-5-12(15-16)14(6-7-14)13(17)18/h2-5,8-9H,6-7H2,1H3,(H,17,18). The molecule has 1 heterocycles. The summed E-state index contributed by atoms with van der Waals surface area (Å²) in [7, 11) is 1.61. The summed E-state index contributed by atoms with van der Waals surface area (Å²) in [4.78, 5) is 11.3. The van der Waals surface area contributed by atoms with E-state index >= 15 is 0 Å². The minimum Gasteiger partial charge on any atom is -0.497 e. The highest BCUT2D eigenvalue weighted by atomic mass is 16.5. The third kappa shape index (κ3) is 1.87. The van der Waals surface area contributed by atoms with Crippen molar-refractivity contribution in [2.45, 2.75) is 18.3 Å². The van der Waals surface area contributed by atoms with Crippen molar-refractivity contribution >= 4 is 5.97 Å². The van der Waals surface area contributed by atoms with Gasteiger partial charge in [0.15, 0.2) is 0 Å². The molecule has 1 aromatic heterocycles. The monoisotopic (exact) mass is 258 g/mol. The van der Waals surface area contributed by atoms with E-state index in [1.807, 2.05) is 24.3 Å². The maximum atomic E-state index is 11.3. The van der Waals surface area contributed by atoms with E-state index in [-0.39, 0.29) is 0 Å². The van der Waals surface area contributed by atoms with Gasteiger partial charge in [-0.15, -0.1) is 0 Å². The molecule has 0 spiro atoms. The van der Waals surface area contributed by atoms with Crippen molar-refractivity contribution in [2.24, 2.45) is 0 Å². The zero-order valence-corrected chi connectivity index (χ0v) is 10.5. The highest BCUT2D eigenvalue weighted by Gasteiger charge is 2.53. The first kappa shape index (κ1) is 11.8. The van der Waals surface area contributed by atoms with Gasteiger partial charge in [-0.2, -0.15) is 5.10 Å². The van der Waals surface area contributed by atoms with Crippen molar-refractivity contribution in [3.05, 3.63) is 42.2 Å². The molecule has 5 nitrogen and oxygen atoms in total. The molecule has 5 heteroatoms. The van der Waals surface area contributed by atoms with Crippen LogP contribution in [0.4, 0.5) is 0 Å². The molecule has 0 amide bonds. The Balaban J connectivity index is 1.95. The number of rotatable bonds is 4. The Morgan fingerprint density at radius 2 is 2.21 bits per heavy atom. The number of aliphatic carboxylic acids is 1. The average molecular weight is 258 g/mol. The summed E-state index contributed by atoms with van der Waals surface area (Å²) in [6, 6.07) is 9.27. The Labute approximate surface area is 110 Å². The number of ether oxygens (including phenoxy) is 1. The normalized spacial score (nSPS) is 16.1. The van der Waals surface area contributed by atoms with Crippen molar-refractivity contribution in [2.75, 3.05) is 7.11 Å². The van der Waals surface area contributed by atoms with Gasteiger partial charge < -0.3 is 9.84 Å². The molecule has 19 heavy (non-hydrogen) atoms. The average Bonchev–Trinajstić information content (AvgIpc) is 3.10. The van der Waals surface area contributed by atoms with Crippen LogP contribution in [0.5, 0.6) is 5.75 Å². The number of carboxylic acids is 1. The predicted octanol–water partition coefficient (Wildman–Crippen LogP) is 2.00. The van der Waals surface area contributed by atoms with Crippen LogP contribution in [0.2, 0.25) is 0 Å². The van der Waals surface area contributed by atoms with Gasteiger partial charge in [0.25, 0.3) is 0 Å². The fourth-order valence-corrected chi connectivity index (χ4v) is 2.18. The number of carboxylic acid groups (broad SMARTS) is 1. The number of hydrogen-bond acceptors (Lipinski definition) is 3. The fraction of sp³-hybridized carbons (Fsp3) is 0.286. The molecule has 2 aromatic rings. The topological polar surface area (TPSA) is 64.3 Å². The fourth-order valence-electron chi connectivity index (χ4n) is 2.18. The second-order valence-electron chi connectivity index (χ2n) is 4.73. The van der Waals surface area contributed by atoms with Gasteiger partial charge in [-0.1, -0.05) is 6.07 Å². The SMILES string of the molecule is COc1cccc(-n2ccc(C3(C(=O)O)CC3)n2)c1. The number of carbonyl (C=O) groups is 1. The van der Waals surface area contributed by atoms with E-state index < -0.39 is 11.4 Å². The lowest BCUT2D eigenvalue weighted by Crippen LogP contribution is -2.20. The number of aromatic nitrogens is 2. The van der Waals surface area contributed by atoms with Crippen molar-refractivity contribution in [3.8, 4) is 11.4 Å². The van der Waals surface area contributed by atoms with E-state index in [9.17, 15) is 9.90 Å². The molecule has 0 saturated heterocycles. The number of benzene rings is 1. The number of hydrogen-bond donors (Lipinski definition) is 1. The first-order valence-electron chi connectivity index (χ1n) is 6.10. The molecular weight excluding hydrogens is 244 g/mol. The van der Waals surface area contributed by atoms with Crippen LogP contribution in [0.25, 0.3) is 5.69 Å². The van der Waals surface area contributed by atoms with E-state index in [4.69, 9.17) is 4.74 Å². The Bertz CT molecular complexity index is 629. The second-order valence-corrected chi connectivity index (χ2v) is 4.73. The van der Waals surface area contributed by atoms with E-state index in [2.05, 4.69) is 5.10 Å². The van der Waals surface area contributed by atoms with E-state index in [1.165, 1.54) is 0 Å². The number of methoxy groups -OCH3 is 1. The third-order valence-corrected chi connectivity index (χ3v) is 3.56. The molecule has 3 rings (SSSR count). The minimum absolute atomic E-state index is 0.628. The summed E-state index contributed by atoms with van der Waals surface area (Å²) in [5.41, 5.74) is 0.721. The van der Waals surface area contributed by atoms with E-state index in [0.29, 0.717) is 18.5 Å². The molecule has 0 bridgehead atoms. The van der Waals surface area contributed by atoms with Crippen LogP contribution in [0.15, 0.2) is 36.5 Å². The Morgan fingerprint density at radius 1 is 1.42 bits per heavy atom. The molecule has 1 aliphatic carbocycles. The van der Waals surface area contributed by atoms with Gasteiger partial charge in [0, 0.05) is 12.3 Å². The van der Waals surface area contributed by atoms with Gasteiger partial charge in [-0.05, 0) is 31.0 Å². The van der Waals surface area contributed by atoms with Crippen LogP contribution in [0, 0.1) is 0 Å². The lowest BCUT2D eigenvalue weighted by Gasteiger charge is -2.06. The quantitative estimate of drug-likeness (QED) is 0.911. The summed E-state index contributed by atoms with van der Waals surface area (Å²) < 4.78 is 6.85. The highest BCUT2D eigenvalue weighted by molar-refractivity contribution is 5.84. The van der Waals surface area contributed by atoms with Gasteiger partial charge in [0.1, 0.15) is 11.2 Å². The first-order valence-corrected chi connectivity index (χ1v) is 6.10. The third-order valence-electron chi connectivity index (χ3n) is 3.56. The van der Waals surface area contributed by atoms with Crippen LogP contribution in [-0.2, 0) is 10.2 Å². The molecule has 1 aromatic carbocycles. The Kier molecular flexibility index (Phi) is 2.55. The summed E-state index contributed by atoms with van der Waals surface area (Å²) in [6.07, 6.45) is 3.11. The smallest absolute Gasteiger partial charge is 0.315 e. The molecule has 1 aliphatic rings. The molecule has 0 aliphatic heterocycles. The minimum atomic E-state index is -0.789. The first-order chi connectivity index (χ1) is 9.15. The molecular formula is C14H14N2O3. The Hall–Kier alpha value is -2.30. The molecule has 0 unspecified atom stereocenters.